The second-order valence-corrected chi connectivity index (χ2v) is 5.98. The van der Waals surface area contributed by atoms with Gasteiger partial charge in [-0.1, -0.05) is 35.3 Å². The SMILES string of the molecule is CNCCC(Oc1cccc2c1OCO2)c1ccc(Cl)c(Cl)c1. The summed E-state index contributed by atoms with van der Waals surface area (Å²) >= 11 is 12.1. The summed E-state index contributed by atoms with van der Waals surface area (Å²) in [6.07, 6.45) is 0.604. The van der Waals surface area contributed by atoms with Crippen molar-refractivity contribution in [2.24, 2.45) is 0 Å². The maximum absolute atomic E-state index is 6.19. The van der Waals surface area contributed by atoms with Crippen molar-refractivity contribution in [1.29, 1.82) is 0 Å². The van der Waals surface area contributed by atoms with E-state index in [0.717, 1.165) is 18.5 Å². The van der Waals surface area contributed by atoms with Crippen molar-refractivity contribution in [3.8, 4) is 17.2 Å². The van der Waals surface area contributed by atoms with E-state index in [0.29, 0.717) is 27.3 Å². The molecule has 2 aromatic rings. The van der Waals surface area contributed by atoms with Crippen molar-refractivity contribution in [3.63, 3.8) is 0 Å². The molecular weight excluding hydrogens is 337 g/mol. The third-order valence-electron chi connectivity index (χ3n) is 3.60. The molecule has 0 amide bonds. The van der Waals surface area contributed by atoms with E-state index in [1.165, 1.54) is 0 Å². The normalized spacial score (nSPS) is 13.9. The van der Waals surface area contributed by atoms with Crippen molar-refractivity contribution >= 4 is 23.2 Å². The van der Waals surface area contributed by atoms with Crippen LogP contribution in [0.4, 0.5) is 0 Å². The average molecular weight is 354 g/mol. The van der Waals surface area contributed by atoms with Crippen molar-refractivity contribution in [2.45, 2.75) is 12.5 Å². The van der Waals surface area contributed by atoms with E-state index in [9.17, 15) is 0 Å². The van der Waals surface area contributed by atoms with Gasteiger partial charge in [-0.15, -0.1) is 0 Å². The summed E-state index contributed by atoms with van der Waals surface area (Å²) in [5.74, 6) is 2.00. The number of hydrogen-bond acceptors (Lipinski definition) is 4. The Morgan fingerprint density at radius 3 is 2.83 bits per heavy atom. The van der Waals surface area contributed by atoms with Gasteiger partial charge in [0.15, 0.2) is 11.5 Å². The van der Waals surface area contributed by atoms with Gasteiger partial charge in [-0.25, -0.2) is 0 Å². The number of ether oxygens (including phenoxy) is 3. The third-order valence-corrected chi connectivity index (χ3v) is 4.34. The summed E-state index contributed by atoms with van der Waals surface area (Å²) in [5, 5.41) is 4.18. The molecule has 0 aliphatic carbocycles. The molecule has 1 N–H and O–H groups in total. The molecule has 0 saturated carbocycles. The number of benzene rings is 2. The number of hydrogen-bond donors (Lipinski definition) is 1. The van der Waals surface area contributed by atoms with Gasteiger partial charge in [-0.05, 0) is 43.4 Å². The average Bonchev–Trinajstić information content (AvgIpc) is 3.03. The predicted molar refractivity (Wildman–Crippen MR) is 90.9 cm³/mol. The van der Waals surface area contributed by atoms with E-state index in [1.54, 1.807) is 6.07 Å². The number of rotatable bonds is 6. The molecule has 3 rings (SSSR count). The zero-order valence-corrected chi connectivity index (χ0v) is 14.2. The molecule has 1 unspecified atom stereocenters. The molecule has 0 fully saturated rings. The first-order valence-corrected chi connectivity index (χ1v) is 8.09. The zero-order valence-electron chi connectivity index (χ0n) is 12.6. The van der Waals surface area contributed by atoms with Crippen LogP contribution in [0, 0.1) is 0 Å². The van der Waals surface area contributed by atoms with Crippen LogP contribution in [0.2, 0.25) is 10.0 Å². The van der Waals surface area contributed by atoms with E-state index in [-0.39, 0.29) is 12.9 Å². The van der Waals surface area contributed by atoms with Crippen LogP contribution in [0.1, 0.15) is 18.1 Å². The predicted octanol–water partition coefficient (Wildman–Crippen LogP) is 4.45. The molecule has 0 saturated heterocycles. The fourth-order valence-electron chi connectivity index (χ4n) is 2.43. The van der Waals surface area contributed by atoms with E-state index in [2.05, 4.69) is 5.32 Å². The molecule has 0 radical (unpaired) electrons. The highest BCUT2D eigenvalue weighted by Crippen LogP contribution is 2.42. The second-order valence-electron chi connectivity index (χ2n) is 5.16. The molecule has 1 atom stereocenters. The van der Waals surface area contributed by atoms with E-state index >= 15 is 0 Å². The van der Waals surface area contributed by atoms with Crippen molar-refractivity contribution in [3.05, 3.63) is 52.0 Å². The quantitative estimate of drug-likeness (QED) is 0.832. The maximum Gasteiger partial charge on any atom is 0.231 e. The Balaban J connectivity index is 1.87. The Hall–Kier alpha value is -1.62. The molecule has 23 heavy (non-hydrogen) atoms. The lowest BCUT2D eigenvalue weighted by molar-refractivity contribution is 0.158. The van der Waals surface area contributed by atoms with E-state index in [4.69, 9.17) is 37.4 Å². The topological polar surface area (TPSA) is 39.7 Å². The smallest absolute Gasteiger partial charge is 0.231 e. The maximum atomic E-state index is 6.19. The zero-order chi connectivity index (χ0) is 16.2. The van der Waals surface area contributed by atoms with Gasteiger partial charge in [-0.3, -0.25) is 0 Å². The molecule has 2 aromatic carbocycles. The van der Waals surface area contributed by atoms with Crippen LogP contribution >= 0.6 is 23.2 Å². The largest absolute Gasteiger partial charge is 0.482 e. The van der Waals surface area contributed by atoms with Gasteiger partial charge >= 0.3 is 0 Å². The first kappa shape index (κ1) is 16.2. The van der Waals surface area contributed by atoms with Crippen LogP contribution in [0.5, 0.6) is 17.2 Å². The third kappa shape index (κ3) is 3.66. The van der Waals surface area contributed by atoms with Crippen LogP contribution in [0.25, 0.3) is 0 Å². The Labute approximate surface area is 145 Å². The molecule has 4 nitrogen and oxygen atoms in total. The summed E-state index contributed by atoms with van der Waals surface area (Å²) < 4.78 is 17.1. The lowest BCUT2D eigenvalue weighted by Crippen LogP contribution is -2.16. The molecule has 0 aromatic heterocycles. The van der Waals surface area contributed by atoms with Crippen LogP contribution in [0.3, 0.4) is 0 Å². The first-order valence-electron chi connectivity index (χ1n) is 7.34. The van der Waals surface area contributed by atoms with Gasteiger partial charge < -0.3 is 19.5 Å². The minimum atomic E-state index is -0.173. The monoisotopic (exact) mass is 353 g/mol. The first-order chi connectivity index (χ1) is 11.2. The minimum Gasteiger partial charge on any atom is -0.482 e. The number of nitrogens with one attached hydrogen (secondary N) is 1. The Bertz CT molecular complexity index is 694. The van der Waals surface area contributed by atoms with Gasteiger partial charge in [0.2, 0.25) is 12.5 Å². The van der Waals surface area contributed by atoms with Crippen LogP contribution < -0.4 is 19.5 Å². The number of para-hydroxylation sites is 1. The van der Waals surface area contributed by atoms with Gasteiger partial charge in [0.05, 0.1) is 10.0 Å². The number of fused-ring (bicyclic) bond motifs is 1. The van der Waals surface area contributed by atoms with Crippen LogP contribution in [-0.2, 0) is 0 Å². The molecule has 0 bridgehead atoms. The van der Waals surface area contributed by atoms with Gasteiger partial charge in [0, 0.05) is 6.42 Å². The number of halogens is 2. The highest BCUT2D eigenvalue weighted by atomic mass is 35.5. The molecule has 1 aliphatic heterocycles. The molecule has 0 spiro atoms. The van der Waals surface area contributed by atoms with Gasteiger partial charge in [0.25, 0.3) is 0 Å². The molecule has 122 valence electrons. The van der Waals surface area contributed by atoms with Gasteiger partial charge in [-0.2, -0.15) is 0 Å². The second kappa shape index (κ2) is 7.30. The lowest BCUT2D eigenvalue weighted by atomic mass is 10.1. The van der Waals surface area contributed by atoms with Gasteiger partial charge in [0.1, 0.15) is 6.10 Å². The minimum absolute atomic E-state index is 0.173. The summed E-state index contributed by atoms with van der Waals surface area (Å²) in [7, 11) is 1.91. The summed E-state index contributed by atoms with van der Waals surface area (Å²) in [6.45, 7) is 1.01. The molecular formula is C17H17Cl2NO3. The summed E-state index contributed by atoms with van der Waals surface area (Å²) in [6, 6.07) is 11.2. The van der Waals surface area contributed by atoms with Crippen LogP contribution in [0.15, 0.2) is 36.4 Å². The van der Waals surface area contributed by atoms with Crippen LogP contribution in [-0.4, -0.2) is 20.4 Å². The fourth-order valence-corrected chi connectivity index (χ4v) is 2.74. The molecule has 6 heteroatoms. The lowest BCUT2D eigenvalue weighted by Gasteiger charge is -2.21. The fraction of sp³-hybridized carbons (Fsp3) is 0.294. The standard InChI is InChI=1S/C17H17Cl2NO3/c1-20-8-7-14(11-5-6-12(18)13(19)9-11)23-16-4-2-3-15-17(16)22-10-21-15/h2-6,9,14,20H,7-8,10H2,1H3. The Kier molecular flexibility index (Phi) is 5.16. The highest BCUT2D eigenvalue weighted by Gasteiger charge is 2.22. The van der Waals surface area contributed by atoms with Crippen molar-refractivity contribution in [2.75, 3.05) is 20.4 Å². The highest BCUT2D eigenvalue weighted by molar-refractivity contribution is 6.42. The van der Waals surface area contributed by atoms with Crippen molar-refractivity contribution in [1.82, 2.24) is 5.32 Å². The molecule has 1 aliphatic rings. The summed E-state index contributed by atoms with van der Waals surface area (Å²) in [4.78, 5) is 0. The Morgan fingerprint density at radius 2 is 2.04 bits per heavy atom. The van der Waals surface area contributed by atoms with E-state index < -0.39 is 0 Å². The summed E-state index contributed by atoms with van der Waals surface area (Å²) in [5.41, 5.74) is 0.964. The van der Waals surface area contributed by atoms with Crippen molar-refractivity contribution < 1.29 is 14.2 Å². The molecule has 1 heterocycles. The Morgan fingerprint density at radius 1 is 1.17 bits per heavy atom. The van der Waals surface area contributed by atoms with E-state index in [1.807, 2.05) is 37.4 Å².